The summed E-state index contributed by atoms with van der Waals surface area (Å²) in [7, 11) is 0. The SMILES string of the molecule is CCCNCC1CCC(C)(C)CC1c1ccc(CC)cc1. The normalized spacial score (nSPS) is 25.0. The fourth-order valence-corrected chi connectivity index (χ4v) is 3.74. The molecular formula is C20H33N. The standard InChI is InChI=1S/C20H33N/c1-5-13-21-15-18-11-12-20(3,4)14-19(18)17-9-7-16(6-2)8-10-17/h7-10,18-19,21H,5-6,11-15H2,1-4H3. The van der Waals surface area contributed by atoms with Crippen LogP contribution in [-0.4, -0.2) is 13.1 Å². The number of hydrogen-bond acceptors (Lipinski definition) is 1. The van der Waals surface area contributed by atoms with Gasteiger partial charge in [0.1, 0.15) is 0 Å². The topological polar surface area (TPSA) is 12.0 Å². The van der Waals surface area contributed by atoms with Gasteiger partial charge in [-0.3, -0.25) is 0 Å². The highest BCUT2D eigenvalue weighted by Crippen LogP contribution is 2.46. The fraction of sp³-hybridized carbons (Fsp3) is 0.700. The van der Waals surface area contributed by atoms with Crippen LogP contribution in [0, 0.1) is 11.3 Å². The van der Waals surface area contributed by atoms with E-state index in [4.69, 9.17) is 0 Å². The maximum Gasteiger partial charge on any atom is -0.00147 e. The van der Waals surface area contributed by atoms with Gasteiger partial charge in [0.25, 0.3) is 0 Å². The van der Waals surface area contributed by atoms with Crippen LogP contribution in [0.2, 0.25) is 0 Å². The van der Waals surface area contributed by atoms with E-state index in [1.807, 2.05) is 0 Å². The Balaban J connectivity index is 2.11. The molecule has 1 aliphatic rings. The predicted octanol–water partition coefficient (Wildman–Crippen LogP) is 5.16. The molecule has 0 bridgehead atoms. The van der Waals surface area contributed by atoms with Gasteiger partial charge in [-0.2, -0.15) is 0 Å². The quantitative estimate of drug-likeness (QED) is 0.713. The van der Waals surface area contributed by atoms with Crippen LogP contribution in [0.4, 0.5) is 0 Å². The zero-order chi connectivity index (χ0) is 15.3. The van der Waals surface area contributed by atoms with Gasteiger partial charge in [-0.1, -0.05) is 52.0 Å². The first-order valence-corrected chi connectivity index (χ1v) is 8.85. The number of benzene rings is 1. The summed E-state index contributed by atoms with van der Waals surface area (Å²) in [6.07, 6.45) is 6.43. The van der Waals surface area contributed by atoms with Crippen LogP contribution < -0.4 is 5.32 Å². The number of aryl methyl sites for hydroxylation is 1. The summed E-state index contributed by atoms with van der Waals surface area (Å²) in [5.41, 5.74) is 3.51. The second kappa shape index (κ2) is 7.45. The lowest BCUT2D eigenvalue weighted by atomic mass is 9.65. The summed E-state index contributed by atoms with van der Waals surface area (Å²) in [4.78, 5) is 0. The van der Waals surface area contributed by atoms with Crippen molar-refractivity contribution in [1.82, 2.24) is 5.32 Å². The molecule has 2 atom stereocenters. The molecule has 2 unspecified atom stereocenters. The average Bonchev–Trinajstić information content (AvgIpc) is 2.48. The highest BCUT2D eigenvalue weighted by atomic mass is 14.9. The maximum atomic E-state index is 3.65. The molecule has 1 fully saturated rings. The second-order valence-corrected chi connectivity index (χ2v) is 7.57. The lowest BCUT2D eigenvalue weighted by Crippen LogP contribution is -2.35. The zero-order valence-electron chi connectivity index (χ0n) is 14.4. The molecule has 1 aromatic carbocycles. The summed E-state index contributed by atoms with van der Waals surface area (Å²) in [6, 6.07) is 9.43. The van der Waals surface area contributed by atoms with Gasteiger partial charge in [-0.25, -0.2) is 0 Å². The summed E-state index contributed by atoms with van der Waals surface area (Å²) < 4.78 is 0. The molecule has 0 aliphatic heterocycles. The number of hydrogen-bond donors (Lipinski definition) is 1. The lowest BCUT2D eigenvalue weighted by molar-refractivity contribution is 0.160. The van der Waals surface area contributed by atoms with E-state index in [0.717, 1.165) is 24.8 Å². The second-order valence-electron chi connectivity index (χ2n) is 7.57. The molecule has 0 heterocycles. The molecule has 0 amide bonds. The van der Waals surface area contributed by atoms with Crippen molar-refractivity contribution in [3.05, 3.63) is 35.4 Å². The summed E-state index contributed by atoms with van der Waals surface area (Å²) in [5.74, 6) is 1.53. The van der Waals surface area contributed by atoms with Gasteiger partial charge in [0, 0.05) is 0 Å². The third-order valence-corrected chi connectivity index (χ3v) is 5.18. The molecule has 0 spiro atoms. The van der Waals surface area contributed by atoms with Crippen molar-refractivity contribution in [3.63, 3.8) is 0 Å². The van der Waals surface area contributed by atoms with Crippen LogP contribution in [0.15, 0.2) is 24.3 Å². The molecule has 1 N–H and O–H groups in total. The molecule has 1 saturated carbocycles. The van der Waals surface area contributed by atoms with Crippen LogP contribution in [0.3, 0.4) is 0 Å². The maximum absolute atomic E-state index is 3.65. The van der Waals surface area contributed by atoms with E-state index < -0.39 is 0 Å². The summed E-state index contributed by atoms with van der Waals surface area (Å²) in [5, 5.41) is 3.65. The van der Waals surface area contributed by atoms with Gasteiger partial charge in [0.2, 0.25) is 0 Å². The monoisotopic (exact) mass is 287 g/mol. The van der Waals surface area contributed by atoms with E-state index in [9.17, 15) is 0 Å². The van der Waals surface area contributed by atoms with E-state index in [2.05, 4.69) is 57.3 Å². The predicted molar refractivity (Wildman–Crippen MR) is 92.8 cm³/mol. The smallest absolute Gasteiger partial charge is 0.00147 e. The third-order valence-electron chi connectivity index (χ3n) is 5.18. The number of nitrogens with one attached hydrogen (secondary N) is 1. The molecule has 21 heavy (non-hydrogen) atoms. The third kappa shape index (κ3) is 4.57. The Bertz CT molecular complexity index is 418. The van der Waals surface area contributed by atoms with Crippen molar-refractivity contribution < 1.29 is 0 Å². The van der Waals surface area contributed by atoms with Crippen LogP contribution in [0.25, 0.3) is 0 Å². The van der Waals surface area contributed by atoms with Crippen molar-refractivity contribution in [2.75, 3.05) is 13.1 Å². The Morgan fingerprint density at radius 3 is 2.48 bits per heavy atom. The molecule has 2 rings (SSSR count). The minimum Gasteiger partial charge on any atom is -0.316 e. The van der Waals surface area contributed by atoms with Gasteiger partial charge in [-0.15, -0.1) is 0 Å². The first kappa shape index (κ1) is 16.5. The van der Waals surface area contributed by atoms with Gasteiger partial charge in [0.05, 0.1) is 0 Å². The van der Waals surface area contributed by atoms with E-state index in [1.165, 1.54) is 37.8 Å². The Morgan fingerprint density at radius 1 is 1.14 bits per heavy atom. The van der Waals surface area contributed by atoms with E-state index in [1.54, 1.807) is 5.56 Å². The molecule has 0 aromatic heterocycles. The van der Waals surface area contributed by atoms with Crippen LogP contribution >= 0.6 is 0 Å². The van der Waals surface area contributed by atoms with Crippen molar-refractivity contribution in [1.29, 1.82) is 0 Å². The number of rotatable bonds is 6. The highest BCUT2D eigenvalue weighted by molar-refractivity contribution is 5.27. The molecule has 118 valence electrons. The minimum absolute atomic E-state index is 0.495. The van der Waals surface area contributed by atoms with E-state index in [0.29, 0.717) is 5.41 Å². The van der Waals surface area contributed by atoms with Crippen molar-refractivity contribution >= 4 is 0 Å². The van der Waals surface area contributed by atoms with E-state index in [-0.39, 0.29) is 0 Å². The average molecular weight is 287 g/mol. The molecule has 1 aromatic rings. The molecule has 0 saturated heterocycles. The fourth-order valence-electron chi connectivity index (χ4n) is 3.74. The van der Waals surface area contributed by atoms with Crippen LogP contribution in [0.5, 0.6) is 0 Å². The molecule has 1 nitrogen and oxygen atoms in total. The van der Waals surface area contributed by atoms with Gasteiger partial charge < -0.3 is 5.32 Å². The van der Waals surface area contributed by atoms with Gasteiger partial charge in [-0.05, 0) is 73.6 Å². The van der Waals surface area contributed by atoms with Crippen molar-refractivity contribution in [2.24, 2.45) is 11.3 Å². The minimum atomic E-state index is 0.495. The van der Waals surface area contributed by atoms with Crippen LogP contribution in [0.1, 0.15) is 70.4 Å². The van der Waals surface area contributed by atoms with Gasteiger partial charge in [0.15, 0.2) is 0 Å². The summed E-state index contributed by atoms with van der Waals surface area (Å²) in [6.45, 7) is 11.7. The molecule has 1 heteroatoms. The Kier molecular flexibility index (Phi) is 5.87. The summed E-state index contributed by atoms with van der Waals surface area (Å²) >= 11 is 0. The Morgan fingerprint density at radius 2 is 1.86 bits per heavy atom. The Hall–Kier alpha value is -0.820. The molecular weight excluding hydrogens is 254 g/mol. The van der Waals surface area contributed by atoms with Gasteiger partial charge >= 0.3 is 0 Å². The molecule has 0 radical (unpaired) electrons. The van der Waals surface area contributed by atoms with E-state index >= 15 is 0 Å². The van der Waals surface area contributed by atoms with Crippen molar-refractivity contribution in [2.45, 2.75) is 65.7 Å². The zero-order valence-corrected chi connectivity index (χ0v) is 14.4. The Labute approximate surface area is 131 Å². The van der Waals surface area contributed by atoms with Crippen molar-refractivity contribution in [3.8, 4) is 0 Å². The first-order chi connectivity index (χ1) is 10.1. The molecule has 1 aliphatic carbocycles. The first-order valence-electron chi connectivity index (χ1n) is 8.85. The highest BCUT2D eigenvalue weighted by Gasteiger charge is 2.35. The van der Waals surface area contributed by atoms with Crippen LogP contribution in [-0.2, 0) is 6.42 Å². The largest absolute Gasteiger partial charge is 0.316 e. The lowest BCUT2D eigenvalue weighted by Gasteiger charge is -2.41.